The molecule has 0 saturated heterocycles. The summed E-state index contributed by atoms with van der Waals surface area (Å²) in [6.07, 6.45) is 2.24. The highest BCUT2D eigenvalue weighted by molar-refractivity contribution is 6.02. The number of likely N-dealkylation sites (N-methyl/N-ethyl adjacent to an activating group) is 1. The fourth-order valence-corrected chi connectivity index (χ4v) is 6.15. The van der Waals surface area contributed by atoms with E-state index < -0.39 is 12.1 Å². The van der Waals surface area contributed by atoms with E-state index in [1.165, 1.54) is 0 Å². The number of hydrogen-bond donors (Lipinski definition) is 3. The first-order valence-electron chi connectivity index (χ1n) is 17.3. The number of hydrogen-bond acceptors (Lipinski definition) is 9. The molecule has 12 heteroatoms. The number of ether oxygens (including phenoxy) is 5. The van der Waals surface area contributed by atoms with E-state index in [0.717, 1.165) is 37.1 Å². The molecule has 270 valence electrons. The van der Waals surface area contributed by atoms with Crippen LogP contribution in [0.4, 0.5) is 16.2 Å². The molecule has 0 saturated carbocycles. The van der Waals surface area contributed by atoms with Gasteiger partial charge in [0.1, 0.15) is 11.5 Å². The summed E-state index contributed by atoms with van der Waals surface area (Å²) in [4.78, 5) is 31.4. The Labute approximate surface area is 294 Å². The second kappa shape index (κ2) is 17.4. The van der Waals surface area contributed by atoms with E-state index in [1.807, 2.05) is 26.0 Å². The second-order valence-electron chi connectivity index (χ2n) is 13.2. The lowest BCUT2D eigenvalue weighted by molar-refractivity contribution is -0.0177. The molecule has 0 aromatic heterocycles. The number of urea groups is 1. The zero-order valence-electron chi connectivity index (χ0n) is 29.6. The van der Waals surface area contributed by atoms with Crippen LogP contribution in [0.3, 0.4) is 0 Å². The van der Waals surface area contributed by atoms with Crippen molar-refractivity contribution in [3.05, 3.63) is 71.8 Å². The number of methoxy groups -OCH3 is 1. The molecule has 3 aromatic carbocycles. The van der Waals surface area contributed by atoms with Gasteiger partial charge in [-0.1, -0.05) is 19.1 Å². The van der Waals surface area contributed by atoms with Crippen molar-refractivity contribution in [3.63, 3.8) is 0 Å². The van der Waals surface area contributed by atoms with Crippen LogP contribution in [-0.2, 0) is 11.3 Å². The van der Waals surface area contributed by atoms with Crippen LogP contribution >= 0.6 is 0 Å². The molecule has 12 nitrogen and oxygen atoms in total. The minimum atomic E-state index is -0.487. The lowest BCUT2D eigenvalue weighted by Crippen LogP contribution is -2.47. The molecule has 0 bridgehead atoms. The monoisotopic (exact) mass is 690 g/mol. The molecule has 5 rings (SSSR count). The van der Waals surface area contributed by atoms with Crippen LogP contribution in [0.25, 0.3) is 0 Å². The quantitative estimate of drug-likeness (QED) is 0.248. The van der Waals surface area contributed by atoms with Gasteiger partial charge < -0.3 is 44.3 Å². The third kappa shape index (κ3) is 9.80. The highest BCUT2D eigenvalue weighted by atomic mass is 16.7. The van der Waals surface area contributed by atoms with Crippen molar-refractivity contribution in [2.45, 2.75) is 64.8 Å². The Bertz CT molecular complexity index is 1590. The minimum absolute atomic E-state index is 0.0636. The molecule has 0 spiro atoms. The molecule has 3 aromatic rings. The van der Waals surface area contributed by atoms with Gasteiger partial charge in [0.2, 0.25) is 6.79 Å². The summed E-state index contributed by atoms with van der Waals surface area (Å²) >= 11 is 0. The highest BCUT2D eigenvalue weighted by Crippen LogP contribution is 2.34. The summed E-state index contributed by atoms with van der Waals surface area (Å²) in [6, 6.07) is 17.3. The van der Waals surface area contributed by atoms with Crippen molar-refractivity contribution in [1.82, 2.24) is 9.80 Å². The molecule has 0 radical (unpaired) electrons. The maximum atomic E-state index is 14.4. The zero-order chi connectivity index (χ0) is 35.6. The zero-order valence-corrected chi connectivity index (χ0v) is 29.6. The van der Waals surface area contributed by atoms with Crippen molar-refractivity contribution in [2.24, 2.45) is 5.92 Å². The molecule has 2 aliphatic rings. The van der Waals surface area contributed by atoms with E-state index >= 15 is 0 Å². The fraction of sp³-hybridized carbons (Fsp3) is 0.474. The fourth-order valence-electron chi connectivity index (χ4n) is 6.15. The average Bonchev–Trinajstić information content (AvgIpc) is 3.58. The Hall–Kier alpha value is -4.52. The van der Waals surface area contributed by atoms with E-state index in [9.17, 15) is 14.7 Å². The Kier molecular flexibility index (Phi) is 12.8. The van der Waals surface area contributed by atoms with Gasteiger partial charge in [-0.3, -0.25) is 9.69 Å². The topological polar surface area (TPSA) is 131 Å². The van der Waals surface area contributed by atoms with Gasteiger partial charge in [0, 0.05) is 49.6 Å². The third-order valence-electron chi connectivity index (χ3n) is 9.04. The SMILES string of the molecule is COc1ccc(CN(C)C[C@H]2OCCCC[C@@H](C)Oc3ccc(NC(=O)Nc4ccc5c(c4)OCO5)cc3C(=O)N([C@@H](C)CO)C[C@@H]2C)cc1. The van der Waals surface area contributed by atoms with Gasteiger partial charge in [-0.2, -0.15) is 0 Å². The first-order chi connectivity index (χ1) is 24.1. The Balaban J connectivity index is 1.35. The normalized spacial score (nSPS) is 20.3. The predicted octanol–water partition coefficient (Wildman–Crippen LogP) is 6.00. The Morgan fingerprint density at radius 3 is 2.42 bits per heavy atom. The number of aliphatic hydroxyl groups is 1. The number of amides is 3. The molecule has 0 fully saturated rings. The second-order valence-corrected chi connectivity index (χ2v) is 13.2. The van der Waals surface area contributed by atoms with Gasteiger partial charge in [0.25, 0.3) is 5.91 Å². The molecule has 2 aliphatic heterocycles. The third-order valence-corrected chi connectivity index (χ3v) is 9.04. The summed E-state index contributed by atoms with van der Waals surface area (Å²) in [5.41, 5.74) is 2.41. The van der Waals surface area contributed by atoms with Crippen LogP contribution in [0.2, 0.25) is 0 Å². The van der Waals surface area contributed by atoms with Gasteiger partial charge in [-0.15, -0.1) is 0 Å². The minimum Gasteiger partial charge on any atom is -0.497 e. The number of carbonyl (C=O) groups excluding carboxylic acids is 2. The van der Waals surface area contributed by atoms with Gasteiger partial charge in [0.15, 0.2) is 11.5 Å². The largest absolute Gasteiger partial charge is 0.497 e. The van der Waals surface area contributed by atoms with Gasteiger partial charge in [-0.25, -0.2) is 4.79 Å². The molecule has 4 atom stereocenters. The van der Waals surface area contributed by atoms with Crippen LogP contribution in [0.15, 0.2) is 60.7 Å². The highest BCUT2D eigenvalue weighted by Gasteiger charge is 2.30. The lowest BCUT2D eigenvalue weighted by Gasteiger charge is -2.36. The first kappa shape index (κ1) is 36.8. The van der Waals surface area contributed by atoms with E-state index in [2.05, 4.69) is 41.6 Å². The molecule has 3 amide bonds. The van der Waals surface area contributed by atoms with Crippen LogP contribution in [0.1, 0.15) is 56.0 Å². The number of nitrogens with zero attached hydrogens (tertiary/aromatic N) is 2. The van der Waals surface area contributed by atoms with Crippen molar-refractivity contribution < 1.29 is 38.4 Å². The smallest absolute Gasteiger partial charge is 0.323 e. The molecule has 50 heavy (non-hydrogen) atoms. The molecule has 3 N–H and O–H groups in total. The molecular weight excluding hydrogens is 640 g/mol. The summed E-state index contributed by atoms with van der Waals surface area (Å²) in [6.45, 7) is 8.14. The van der Waals surface area contributed by atoms with Crippen LogP contribution in [0, 0.1) is 5.92 Å². The summed E-state index contributed by atoms with van der Waals surface area (Å²) in [5.74, 6) is 2.04. The standard InChI is InChI=1S/C38H50N4O8/c1-25-20-42(26(2)23-43)37(44)32-18-29(39-38(45)40-30-12-16-34-35(19-30)49-24-48-34)11-15-33(32)50-27(3)8-6-7-17-47-36(25)22-41(4)21-28-9-13-31(46-5)14-10-28/h9-16,18-19,25-27,36,43H,6-8,17,20-24H2,1-5H3,(H2,39,40,45)/t25-,26-,27+,36+/m0/s1. The Morgan fingerprint density at radius 2 is 1.70 bits per heavy atom. The lowest BCUT2D eigenvalue weighted by atomic mass is 10.0. The first-order valence-corrected chi connectivity index (χ1v) is 17.3. The van der Waals surface area contributed by atoms with E-state index in [4.69, 9.17) is 23.7 Å². The van der Waals surface area contributed by atoms with Crippen molar-refractivity contribution in [3.8, 4) is 23.0 Å². The number of fused-ring (bicyclic) bond motifs is 2. The van der Waals surface area contributed by atoms with Crippen LogP contribution < -0.4 is 29.6 Å². The Morgan fingerprint density at radius 1 is 1.00 bits per heavy atom. The van der Waals surface area contributed by atoms with Gasteiger partial charge in [0.05, 0.1) is 37.5 Å². The molecular formula is C38H50N4O8. The summed E-state index contributed by atoms with van der Waals surface area (Å²) < 4.78 is 28.9. The van der Waals surface area contributed by atoms with Gasteiger partial charge >= 0.3 is 6.03 Å². The van der Waals surface area contributed by atoms with Crippen molar-refractivity contribution >= 4 is 23.3 Å². The number of aliphatic hydroxyl groups excluding tert-OH is 1. The predicted molar refractivity (Wildman–Crippen MR) is 191 cm³/mol. The molecule has 0 unspecified atom stereocenters. The molecule has 0 aliphatic carbocycles. The molecule has 2 heterocycles. The summed E-state index contributed by atoms with van der Waals surface area (Å²) in [5, 5.41) is 15.9. The average molecular weight is 691 g/mol. The maximum absolute atomic E-state index is 14.4. The van der Waals surface area contributed by atoms with E-state index in [1.54, 1.807) is 48.4 Å². The summed E-state index contributed by atoms with van der Waals surface area (Å²) in [7, 11) is 3.72. The van der Waals surface area contributed by atoms with Crippen molar-refractivity contribution in [2.75, 3.05) is 57.9 Å². The number of anilines is 2. The van der Waals surface area contributed by atoms with Crippen LogP contribution in [0.5, 0.6) is 23.0 Å². The van der Waals surface area contributed by atoms with E-state index in [-0.39, 0.29) is 37.4 Å². The number of benzene rings is 3. The van der Waals surface area contributed by atoms with Crippen molar-refractivity contribution in [1.29, 1.82) is 0 Å². The van der Waals surface area contributed by atoms with Gasteiger partial charge in [-0.05, 0) is 88.2 Å². The van der Waals surface area contributed by atoms with E-state index in [0.29, 0.717) is 53.9 Å². The maximum Gasteiger partial charge on any atom is 0.323 e. The van der Waals surface area contributed by atoms with Crippen LogP contribution in [-0.4, -0.2) is 92.3 Å². The number of rotatable bonds is 9. The number of nitrogens with one attached hydrogen (secondary N) is 2. The number of carbonyl (C=O) groups is 2.